The van der Waals surface area contributed by atoms with Crippen molar-refractivity contribution in [3.8, 4) is 22.4 Å². The van der Waals surface area contributed by atoms with Gasteiger partial charge in [-0.3, -0.25) is 0 Å². The number of carboxylic acids is 1. The first kappa shape index (κ1) is 18.9. The normalized spacial score (nSPS) is 10.9. The Hall–Kier alpha value is -3.46. The lowest BCUT2D eigenvalue weighted by molar-refractivity contribution is 0.0699. The Labute approximate surface area is 170 Å². The van der Waals surface area contributed by atoms with E-state index in [2.05, 4.69) is 43.3 Å². The van der Waals surface area contributed by atoms with Gasteiger partial charge in [0.15, 0.2) is 0 Å². The Morgan fingerprint density at radius 2 is 1.62 bits per heavy atom. The van der Waals surface area contributed by atoms with Crippen molar-refractivity contribution >= 4 is 16.9 Å². The standard InChI is InChI=1S/C26H23NO2/c1-2-3-7-18-12-14-19(15-13-18)20-8-6-9-21(16-20)25-17-23(26(28)29)22-10-4-5-11-24(22)27-25/h4-6,8-17H,2-3,7H2,1H3,(H,28,29). The van der Waals surface area contributed by atoms with Crippen LogP contribution in [0.15, 0.2) is 78.9 Å². The number of carboxylic acid groups (broad SMARTS) is 1. The number of para-hydroxylation sites is 1. The number of aromatic nitrogens is 1. The average Bonchev–Trinajstić information content (AvgIpc) is 2.77. The largest absolute Gasteiger partial charge is 0.478 e. The van der Waals surface area contributed by atoms with Crippen molar-refractivity contribution in [3.63, 3.8) is 0 Å². The predicted octanol–water partition coefficient (Wildman–Crippen LogP) is 6.61. The smallest absolute Gasteiger partial charge is 0.336 e. The fraction of sp³-hybridized carbons (Fsp3) is 0.154. The van der Waals surface area contributed by atoms with E-state index < -0.39 is 5.97 Å². The zero-order valence-corrected chi connectivity index (χ0v) is 16.4. The van der Waals surface area contributed by atoms with Crippen LogP contribution < -0.4 is 0 Å². The summed E-state index contributed by atoms with van der Waals surface area (Å²) >= 11 is 0. The lowest BCUT2D eigenvalue weighted by Crippen LogP contribution is -2.00. The van der Waals surface area contributed by atoms with Crippen LogP contribution in [0.25, 0.3) is 33.3 Å². The second-order valence-corrected chi connectivity index (χ2v) is 7.26. The first-order chi connectivity index (χ1) is 14.2. The van der Waals surface area contributed by atoms with E-state index in [1.807, 2.05) is 30.3 Å². The molecule has 0 aliphatic carbocycles. The van der Waals surface area contributed by atoms with E-state index in [0.29, 0.717) is 16.6 Å². The van der Waals surface area contributed by atoms with Gasteiger partial charge in [0.05, 0.1) is 16.8 Å². The van der Waals surface area contributed by atoms with Gasteiger partial charge in [0.25, 0.3) is 0 Å². The van der Waals surface area contributed by atoms with Crippen molar-refractivity contribution < 1.29 is 9.90 Å². The molecule has 3 aromatic carbocycles. The minimum atomic E-state index is -0.941. The third-order valence-corrected chi connectivity index (χ3v) is 5.21. The molecule has 0 bridgehead atoms. The topological polar surface area (TPSA) is 50.2 Å². The summed E-state index contributed by atoms with van der Waals surface area (Å²) in [7, 11) is 0. The lowest BCUT2D eigenvalue weighted by atomic mass is 9.98. The molecule has 0 saturated carbocycles. The first-order valence-corrected chi connectivity index (χ1v) is 9.98. The molecule has 4 rings (SSSR count). The zero-order chi connectivity index (χ0) is 20.2. The van der Waals surface area contributed by atoms with Gasteiger partial charge < -0.3 is 5.11 Å². The summed E-state index contributed by atoms with van der Waals surface area (Å²) in [6.45, 7) is 2.20. The molecule has 0 saturated heterocycles. The molecule has 0 aliphatic heterocycles. The molecule has 0 spiro atoms. The minimum Gasteiger partial charge on any atom is -0.478 e. The number of rotatable bonds is 6. The zero-order valence-electron chi connectivity index (χ0n) is 16.4. The minimum absolute atomic E-state index is 0.274. The van der Waals surface area contributed by atoms with E-state index in [4.69, 9.17) is 4.98 Å². The Morgan fingerprint density at radius 3 is 2.38 bits per heavy atom. The van der Waals surface area contributed by atoms with Crippen molar-refractivity contribution in [2.45, 2.75) is 26.2 Å². The van der Waals surface area contributed by atoms with Crippen molar-refractivity contribution in [3.05, 3.63) is 90.0 Å². The van der Waals surface area contributed by atoms with Crippen LogP contribution in [0.2, 0.25) is 0 Å². The van der Waals surface area contributed by atoms with E-state index in [9.17, 15) is 9.90 Å². The number of pyridine rings is 1. The number of aromatic carboxylic acids is 1. The maximum atomic E-state index is 11.8. The molecule has 0 atom stereocenters. The molecule has 3 heteroatoms. The lowest BCUT2D eigenvalue weighted by Gasteiger charge is -2.09. The first-order valence-electron chi connectivity index (χ1n) is 9.98. The van der Waals surface area contributed by atoms with Gasteiger partial charge in [-0.25, -0.2) is 9.78 Å². The van der Waals surface area contributed by atoms with Crippen molar-refractivity contribution in [1.29, 1.82) is 0 Å². The molecular formula is C26H23NO2. The number of fused-ring (bicyclic) bond motifs is 1. The summed E-state index contributed by atoms with van der Waals surface area (Å²) < 4.78 is 0. The number of benzene rings is 3. The summed E-state index contributed by atoms with van der Waals surface area (Å²) in [5.74, 6) is -0.941. The highest BCUT2D eigenvalue weighted by atomic mass is 16.4. The molecule has 0 radical (unpaired) electrons. The summed E-state index contributed by atoms with van der Waals surface area (Å²) in [5.41, 5.74) is 6.13. The van der Waals surface area contributed by atoms with Gasteiger partial charge in [-0.1, -0.05) is 74.0 Å². The van der Waals surface area contributed by atoms with Gasteiger partial charge in [0.1, 0.15) is 0 Å². The molecule has 1 N–H and O–H groups in total. The maximum Gasteiger partial charge on any atom is 0.336 e. The van der Waals surface area contributed by atoms with Crippen LogP contribution in [0.5, 0.6) is 0 Å². The number of aryl methyl sites for hydroxylation is 1. The van der Waals surface area contributed by atoms with Crippen LogP contribution in [-0.2, 0) is 6.42 Å². The molecule has 4 aromatic rings. The predicted molar refractivity (Wildman–Crippen MR) is 118 cm³/mol. The monoisotopic (exact) mass is 381 g/mol. The van der Waals surface area contributed by atoms with Gasteiger partial charge in [-0.05, 0) is 47.7 Å². The Kier molecular flexibility index (Phi) is 5.39. The number of unbranched alkanes of at least 4 members (excludes halogenated alkanes) is 1. The molecule has 1 heterocycles. The second kappa shape index (κ2) is 8.27. The fourth-order valence-electron chi connectivity index (χ4n) is 3.60. The third kappa shape index (κ3) is 4.04. The molecule has 0 fully saturated rings. The Morgan fingerprint density at radius 1 is 0.862 bits per heavy atom. The van der Waals surface area contributed by atoms with Crippen molar-refractivity contribution in [1.82, 2.24) is 4.98 Å². The van der Waals surface area contributed by atoms with Gasteiger partial charge >= 0.3 is 5.97 Å². The quantitative estimate of drug-likeness (QED) is 0.409. The van der Waals surface area contributed by atoms with Crippen LogP contribution in [0.1, 0.15) is 35.7 Å². The molecule has 0 amide bonds. The molecule has 3 nitrogen and oxygen atoms in total. The van der Waals surface area contributed by atoms with Crippen LogP contribution in [-0.4, -0.2) is 16.1 Å². The number of carbonyl (C=O) groups is 1. The average molecular weight is 381 g/mol. The van der Waals surface area contributed by atoms with Crippen LogP contribution in [0.4, 0.5) is 0 Å². The van der Waals surface area contributed by atoms with Crippen LogP contribution >= 0.6 is 0 Å². The molecular weight excluding hydrogens is 358 g/mol. The molecule has 1 aromatic heterocycles. The number of hydrogen-bond acceptors (Lipinski definition) is 2. The van der Waals surface area contributed by atoms with Gasteiger partial charge in [0, 0.05) is 10.9 Å². The van der Waals surface area contributed by atoms with Gasteiger partial charge in [0.2, 0.25) is 0 Å². The highest BCUT2D eigenvalue weighted by Gasteiger charge is 2.13. The van der Waals surface area contributed by atoms with Gasteiger partial charge in [-0.15, -0.1) is 0 Å². The Bertz CT molecular complexity index is 1160. The Balaban J connectivity index is 1.73. The molecule has 0 aliphatic rings. The fourth-order valence-corrected chi connectivity index (χ4v) is 3.60. The maximum absolute atomic E-state index is 11.8. The second-order valence-electron chi connectivity index (χ2n) is 7.26. The van der Waals surface area contributed by atoms with E-state index in [1.54, 1.807) is 12.1 Å². The van der Waals surface area contributed by atoms with Crippen molar-refractivity contribution in [2.24, 2.45) is 0 Å². The highest BCUT2D eigenvalue weighted by molar-refractivity contribution is 6.03. The van der Waals surface area contributed by atoms with E-state index >= 15 is 0 Å². The summed E-state index contributed by atoms with van der Waals surface area (Å²) in [6, 6.07) is 25.8. The number of hydrogen-bond donors (Lipinski definition) is 1. The highest BCUT2D eigenvalue weighted by Crippen LogP contribution is 2.29. The van der Waals surface area contributed by atoms with E-state index in [-0.39, 0.29) is 5.56 Å². The van der Waals surface area contributed by atoms with Crippen LogP contribution in [0.3, 0.4) is 0 Å². The van der Waals surface area contributed by atoms with E-state index in [0.717, 1.165) is 23.1 Å². The van der Waals surface area contributed by atoms with Crippen LogP contribution in [0, 0.1) is 0 Å². The summed E-state index contributed by atoms with van der Waals surface area (Å²) in [4.78, 5) is 16.5. The van der Waals surface area contributed by atoms with Gasteiger partial charge in [-0.2, -0.15) is 0 Å². The third-order valence-electron chi connectivity index (χ3n) is 5.21. The van der Waals surface area contributed by atoms with E-state index in [1.165, 1.54) is 18.4 Å². The van der Waals surface area contributed by atoms with Crippen molar-refractivity contribution in [2.75, 3.05) is 0 Å². The molecule has 0 unspecified atom stereocenters. The molecule has 29 heavy (non-hydrogen) atoms. The number of nitrogens with zero attached hydrogens (tertiary/aromatic N) is 1. The molecule has 144 valence electrons. The summed E-state index contributed by atoms with van der Waals surface area (Å²) in [5, 5.41) is 10.3. The summed E-state index contributed by atoms with van der Waals surface area (Å²) in [6.07, 6.45) is 3.51. The SMILES string of the molecule is CCCCc1ccc(-c2cccc(-c3cc(C(=O)O)c4ccccc4n3)c2)cc1.